The fourth-order valence-corrected chi connectivity index (χ4v) is 2.71. The van der Waals surface area contributed by atoms with Crippen molar-refractivity contribution in [2.45, 2.75) is 32.2 Å². The Hall–Kier alpha value is -0.690. The quantitative estimate of drug-likeness (QED) is 0.737. The van der Waals surface area contributed by atoms with Crippen molar-refractivity contribution >= 4 is 5.91 Å². The second kappa shape index (κ2) is 6.65. The van der Waals surface area contributed by atoms with Crippen molar-refractivity contribution in [2.24, 2.45) is 0 Å². The van der Waals surface area contributed by atoms with Crippen molar-refractivity contribution < 1.29 is 19.4 Å². The van der Waals surface area contributed by atoms with Crippen LogP contribution in [0.5, 0.6) is 0 Å². The maximum absolute atomic E-state index is 12.3. The van der Waals surface area contributed by atoms with Gasteiger partial charge in [0.2, 0.25) is 5.91 Å². The number of amides is 1. The molecule has 110 valence electrons. The molecule has 6 nitrogen and oxygen atoms in total. The van der Waals surface area contributed by atoms with E-state index in [1.54, 1.807) is 0 Å². The van der Waals surface area contributed by atoms with E-state index in [0.717, 1.165) is 6.54 Å². The molecule has 3 unspecified atom stereocenters. The minimum atomic E-state index is -0.163. The van der Waals surface area contributed by atoms with Crippen LogP contribution in [0.1, 0.15) is 13.8 Å². The Bertz CT molecular complexity index is 303. The van der Waals surface area contributed by atoms with Gasteiger partial charge in [-0.15, -0.1) is 0 Å². The van der Waals surface area contributed by atoms with E-state index >= 15 is 0 Å². The largest absolute Gasteiger partial charge is 0.394 e. The molecule has 2 rings (SSSR count). The molecule has 2 fully saturated rings. The molecule has 0 aliphatic carbocycles. The highest BCUT2D eigenvalue weighted by atomic mass is 16.5. The number of aliphatic hydroxyl groups excluding tert-OH is 1. The number of carbonyl (C=O) groups excluding carboxylic acids is 1. The van der Waals surface area contributed by atoms with Gasteiger partial charge >= 0.3 is 0 Å². The number of rotatable bonds is 3. The molecule has 0 aromatic carbocycles. The van der Waals surface area contributed by atoms with Gasteiger partial charge in [-0.25, -0.2) is 0 Å². The SMILES string of the molecule is CC1CN(C(=O)CN2CCOC(CO)C2)CC(C)O1. The first-order valence-corrected chi connectivity index (χ1v) is 6.96. The summed E-state index contributed by atoms with van der Waals surface area (Å²) in [4.78, 5) is 16.2. The molecule has 2 aliphatic heterocycles. The van der Waals surface area contributed by atoms with Crippen LogP contribution in [0, 0.1) is 0 Å². The summed E-state index contributed by atoms with van der Waals surface area (Å²) in [6, 6.07) is 0. The van der Waals surface area contributed by atoms with Crippen LogP contribution >= 0.6 is 0 Å². The van der Waals surface area contributed by atoms with Gasteiger partial charge in [0.15, 0.2) is 0 Å². The molecular formula is C13H24N2O4. The predicted molar refractivity (Wildman–Crippen MR) is 69.9 cm³/mol. The maximum atomic E-state index is 12.3. The smallest absolute Gasteiger partial charge is 0.236 e. The van der Waals surface area contributed by atoms with Gasteiger partial charge in [-0.3, -0.25) is 9.69 Å². The molecule has 0 spiro atoms. The standard InChI is InChI=1S/C13H24N2O4/c1-10-5-15(6-11(2)19-10)13(17)8-14-3-4-18-12(7-14)9-16/h10-12,16H,3-9H2,1-2H3. The van der Waals surface area contributed by atoms with Gasteiger partial charge in [-0.2, -0.15) is 0 Å². The number of hydrogen-bond donors (Lipinski definition) is 1. The number of nitrogens with zero attached hydrogens (tertiary/aromatic N) is 2. The molecule has 2 saturated heterocycles. The number of ether oxygens (including phenoxy) is 2. The number of hydrogen-bond acceptors (Lipinski definition) is 5. The first-order valence-electron chi connectivity index (χ1n) is 6.96. The molecule has 0 radical (unpaired) electrons. The highest BCUT2D eigenvalue weighted by molar-refractivity contribution is 5.78. The topological polar surface area (TPSA) is 62.2 Å². The fraction of sp³-hybridized carbons (Fsp3) is 0.923. The summed E-state index contributed by atoms with van der Waals surface area (Å²) in [5, 5.41) is 9.10. The monoisotopic (exact) mass is 272 g/mol. The van der Waals surface area contributed by atoms with Crippen molar-refractivity contribution in [1.29, 1.82) is 0 Å². The highest BCUT2D eigenvalue weighted by Gasteiger charge is 2.28. The second-order valence-electron chi connectivity index (χ2n) is 5.47. The summed E-state index contributed by atoms with van der Waals surface area (Å²) in [5.41, 5.74) is 0. The molecule has 1 amide bonds. The third kappa shape index (κ3) is 4.14. The van der Waals surface area contributed by atoms with Crippen molar-refractivity contribution in [3.05, 3.63) is 0 Å². The van der Waals surface area contributed by atoms with E-state index in [-0.39, 0.29) is 30.8 Å². The van der Waals surface area contributed by atoms with E-state index in [2.05, 4.69) is 4.90 Å². The van der Waals surface area contributed by atoms with Gasteiger partial charge in [-0.05, 0) is 13.8 Å². The number of carbonyl (C=O) groups is 1. The Labute approximate surface area is 114 Å². The maximum Gasteiger partial charge on any atom is 0.236 e. The molecule has 0 aromatic rings. The van der Waals surface area contributed by atoms with Crippen molar-refractivity contribution in [2.75, 3.05) is 45.9 Å². The summed E-state index contributed by atoms with van der Waals surface area (Å²) in [7, 11) is 0. The van der Waals surface area contributed by atoms with E-state index in [0.29, 0.717) is 32.8 Å². The third-order valence-corrected chi connectivity index (χ3v) is 3.56. The summed E-state index contributed by atoms with van der Waals surface area (Å²) in [6.07, 6.45) is 0.0363. The molecule has 2 aliphatic rings. The minimum Gasteiger partial charge on any atom is -0.394 e. The Kier molecular flexibility index (Phi) is 5.15. The summed E-state index contributed by atoms with van der Waals surface area (Å²) in [6.45, 7) is 7.67. The average Bonchev–Trinajstić information content (AvgIpc) is 2.37. The molecule has 2 heterocycles. The van der Waals surface area contributed by atoms with Crippen LogP contribution in [0.3, 0.4) is 0 Å². The average molecular weight is 272 g/mol. The molecule has 0 aromatic heterocycles. The fourth-order valence-electron chi connectivity index (χ4n) is 2.71. The van der Waals surface area contributed by atoms with Crippen molar-refractivity contribution in [3.63, 3.8) is 0 Å². The zero-order chi connectivity index (χ0) is 13.8. The second-order valence-corrected chi connectivity index (χ2v) is 5.47. The lowest BCUT2D eigenvalue weighted by molar-refractivity contribution is -0.146. The van der Waals surface area contributed by atoms with Crippen molar-refractivity contribution in [1.82, 2.24) is 9.80 Å². The molecule has 3 atom stereocenters. The summed E-state index contributed by atoms with van der Waals surface area (Å²) < 4.78 is 11.0. The predicted octanol–water partition coefficient (Wildman–Crippen LogP) is -0.685. The summed E-state index contributed by atoms with van der Waals surface area (Å²) in [5.74, 6) is 0.139. The minimum absolute atomic E-state index is 0.0102. The van der Waals surface area contributed by atoms with E-state index in [1.165, 1.54) is 0 Å². The number of morpholine rings is 2. The van der Waals surface area contributed by atoms with Gasteiger partial charge in [0.1, 0.15) is 0 Å². The highest BCUT2D eigenvalue weighted by Crippen LogP contribution is 2.12. The van der Waals surface area contributed by atoms with Crippen LogP contribution in [0.25, 0.3) is 0 Å². The summed E-state index contributed by atoms with van der Waals surface area (Å²) >= 11 is 0. The Balaban J connectivity index is 1.83. The molecule has 0 bridgehead atoms. The molecule has 19 heavy (non-hydrogen) atoms. The zero-order valence-electron chi connectivity index (χ0n) is 11.7. The van der Waals surface area contributed by atoms with Gasteiger partial charge in [-0.1, -0.05) is 0 Å². The number of aliphatic hydroxyl groups is 1. The van der Waals surface area contributed by atoms with Crippen LogP contribution in [-0.2, 0) is 14.3 Å². The third-order valence-electron chi connectivity index (χ3n) is 3.56. The lowest BCUT2D eigenvalue weighted by Gasteiger charge is -2.37. The molecule has 1 N–H and O–H groups in total. The van der Waals surface area contributed by atoms with Crippen LogP contribution in [-0.4, -0.2) is 85.1 Å². The normalized spacial score (nSPS) is 33.4. The Morgan fingerprint density at radius 1 is 1.26 bits per heavy atom. The van der Waals surface area contributed by atoms with Crippen LogP contribution in [0.4, 0.5) is 0 Å². The van der Waals surface area contributed by atoms with E-state index < -0.39 is 0 Å². The Morgan fingerprint density at radius 2 is 1.95 bits per heavy atom. The van der Waals surface area contributed by atoms with Gasteiger partial charge in [0.05, 0.1) is 38.1 Å². The lowest BCUT2D eigenvalue weighted by atomic mass is 10.2. The van der Waals surface area contributed by atoms with Gasteiger partial charge < -0.3 is 19.5 Å². The molecular weight excluding hydrogens is 248 g/mol. The first kappa shape index (κ1) is 14.7. The van der Waals surface area contributed by atoms with E-state index in [4.69, 9.17) is 14.6 Å². The van der Waals surface area contributed by atoms with Crippen LogP contribution < -0.4 is 0 Å². The molecule has 6 heteroatoms. The zero-order valence-corrected chi connectivity index (χ0v) is 11.7. The Morgan fingerprint density at radius 3 is 2.58 bits per heavy atom. The van der Waals surface area contributed by atoms with Crippen molar-refractivity contribution in [3.8, 4) is 0 Å². The lowest BCUT2D eigenvalue weighted by Crippen LogP contribution is -2.53. The van der Waals surface area contributed by atoms with Gasteiger partial charge in [0.25, 0.3) is 0 Å². The van der Waals surface area contributed by atoms with Crippen LogP contribution in [0.15, 0.2) is 0 Å². The van der Waals surface area contributed by atoms with E-state index in [1.807, 2.05) is 18.7 Å². The van der Waals surface area contributed by atoms with Gasteiger partial charge in [0, 0.05) is 26.2 Å². The van der Waals surface area contributed by atoms with Crippen LogP contribution in [0.2, 0.25) is 0 Å². The first-order chi connectivity index (χ1) is 9.08. The molecule has 0 saturated carbocycles. The van der Waals surface area contributed by atoms with E-state index in [9.17, 15) is 4.79 Å².